The zero-order valence-corrected chi connectivity index (χ0v) is 12.0. The lowest BCUT2D eigenvalue weighted by atomic mass is 9.81. The highest BCUT2D eigenvalue weighted by Crippen LogP contribution is 2.40. The molecule has 0 bridgehead atoms. The molecule has 4 nitrogen and oxygen atoms in total. The van der Waals surface area contributed by atoms with Gasteiger partial charge in [-0.15, -0.1) is 0 Å². The van der Waals surface area contributed by atoms with Crippen LogP contribution >= 0.6 is 0 Å². The first kappa shape index (κ1) is 14.2. The second-order valence-electron chi connectivity index (χ2n) is 5.30. The summed E-state index contributed by atoms with van der Waals surface area (Å²) in [6.07, 6.45) is 1.22. The summed E-state index contributed by atoms with van der Waals surface area (Å²) in [4.78, 5) is 0. The van der Waals surface area contributed by atoms with E-state index in [0.29, 0.717) is 24.3 Å². The number of aliphatic hydroxyl groups is 1. The number of rotatable bonds is 3. The Morgan fingerprint density at radius 1 is 1.05 bits per heavy atom. The third-order valence-corrected chi connectivity index (χ3v) is 3.60. The summed E-state index contributed by atoms with van der Waals surface area (Å²) in [5, 5.41) is 10.9. The van der Waals surface area contributed by atoms with Crippen molar-refractivity contribution in [3.8, 4) is 11.5 Å². The molecule has 1 fully saturated rings. The Morgan fingerprint density at radius 2 is 1.53 bits per heavy atom. The highest BCUT2D eigenvalue weighted by atomic mass is 16.5. The van der Waals surface area contributed by atoms with Crippen LogP contribution < -0.4 is 9.47 Å². The second-order valence-corrected chi connectivity index (χ2v) is 5.30. The number of methoxy groups -OCH3 is 2. The van der Waals surface area contributed by atoms with E-state index in [1.54, 1.807) is 20.3 Å². The van der Waals surface area contributed by atoms with Gasteiger partial charge in [-0.2, -0.15) is 0 Å². The van der Waals surface area contributed by atoms with E-state index in [1.165, 1.54) is 0 Å². The molecule has 1 heterocycles. The summed E-state index contributed by atoms with van der Waals surface area (Å²) in [6.45, 7) is 3.97. The first-order valence-electron chi connectivity index (χ1n) is 6.58. The maximum atomic E-state index is 10.9. The quantitative estimate of drug-likeness (QED) is 0.913. The predicted molar refractivity (Wildman–Crippen MR) is 72.7 cm³/mol. The van der Waals surface area contributed by atoms with Gasteiger partial charge in [0.1, 0.15) is 11.5 Å². The van der Waals surface area contributed by atoms with Crippen LogP contribution in [-0.2, 0) is 10.3 Å². The topological polar surface area (TPSA) is 47.9 Å². The van der Waals surface area contributed by atoms with Crippen LogP contribution in [0.2, 0.25) is 0 Å². The van der Waals surface area contributed by atoms with Gasteiger partial charge in [0, 0.05) is 18.9 Å². The van der Waals surface area contributed by atoms with Crippen LogP contribution in [0, 0.1) is 0 Å². The molecule has 2 unspecified atom stereocenters. The normalized spacial score (nSPS) is 31.0. The molecule has 1 saturated heterocycles. The molecule has 106 valence electrons. The molecular weight excluding hydrogens is 244 g/mol. The summed E-state index contributed by atoms with van der Waals surface area (Å²) in [5.41, 5.74) is -0.0653. The van der Waals surface area contributed by atoms with Crippen molar-refractivity contribution >= 4 is 0 Å². The Balaban J connectivity index is 2.38. The number of hydrogen-bond donors (Lipinski definition) is 1. The zero-order chi connectivity index (χ0) is 14.0. The molecule has 1 aromatic rings. The van der Waals surface area contributed by atoms with Crippen molar-refractivity contribution in [2.75, 3.05) is 14.2 Å². The number of ether oxygens (including phenoxy) is 3. The summed E-state index contributed by atoms with van der Waals surface area (Å²) in [7, 11) is 3.22. The van der Waals surface area contributed by atoms with Gasteiger partial charge in [-0.1, -0.05) is 0 Å². The van der Waals surface area contributed by atoms with Crippen molar-refractivity contribution in [1.82, 2.24) is 0 Å². The standard InChI is InChI=1S/C15H22O4/c1-10-8-15(16,9-11(2)19-10)12-5-13(17-3)7-14(6-12)18-4/h5-7,10-11,16H,8-9H2,1-4H3. The van der Waals surface area contributed by atoms with Crippen LogP contribution in [-0.4, -0.2) is 31.5 Å². The van der Waals surface area contributed by atoms with E-state index in [1.807, 2.05) is 26.0 Å². The molecule has 0 saturated carbocycles. The lowest BCUT2D eigenvalue weighted by molar-refractivity contribution is -0.135. The van der Waals surface area contributed by atoms with Crippen molar-refractivity contribution in [3.05, 3.63) is 23.8 Å². The van der Waals surface area contributed by atoms with Crippen LogP contribution in [0.5, 0.6) is 11.5 Å². The largest absolute Gasteiger partial charge is 0.497 e. The van der Waals surface area contributed by atoms with Gasteiger partial charge in [0.15, 0.2) is 0 Å². The van der Waals surface area contributed by atoms with E-state index in [2.05, 4.69) is 0 Å². The van der Waals surface area contributed by atoms with E-state index in [9.17, 15) is 5.11 Å². The van der Waals surface area contributed by atoms with Gasteiger partial charge in [-0.05, 0) is 31.5 Å². The molecule has 0 amide bonds. The Bertz CT molecular complexity index is 412. The minimum atomic E-state index is -0.890. The molecule has 2 atom stereocenters. The van der Waals surface area contributed by atoms with Crippen LogP contribution in [0.4, 0.5) is 0 Å². The van der Waals surface area contributed by atoms with E-state index in [4.69, 9.17) is 14.2 Å². The van der Waals surface area contributed by atoms with Gasteiger partial charge >= 0.3 is 0 Å². The lowest BCUT2D eigenvalue weighted by Crippen LogP contribution is -2.41. The van der Waals surface area contributed by atoms with E-state index in [0.717, 1.165) is 5.56 Å². The minimum Gasteiger partial charge on any atom is -0.497 e. The fourth-order valence-corrected chi connectivity index (χ4v) is 2.84. The highest BCUT2D eigenvalue weighted by molar-refractivity contribution is 5.41. The Hall–Kier alpha value is -1.26. The third-order valence-electron chi connectivity index (χ3n) is 3.60. The first-order chi connectivity index (χ1) is 8.96. The van der Waals surface area contributed by atoms with E-state index >= 15 is 0 Å². The maximum Gasteiger partial charge on any atom is 0.122 e. The monoisotopic (exact) mass is 266 g/mol. The van der Waals surface area contributed by atoms with Gasteiger partial charge in [0.25, 0.3) is 0 Å². The van der Waals surface area contributed by atoms with Crippen LogP contribution in [0.1, 0.15) is 32.3 Å². The van der Waals surface area contributed by atoms with Crippen molar-refractivity contribution in [3.63, 3.8) is 0 Å². The van der Waals surface area contributed by atoms with Gasteiger partial charge < -0.3 is 19.3 Å². The summed E-state index contributed by atoms with van der Waals surface area (Å²) < 4.78 is 16.2. The number of hydrogen-bond acceptors (Lipinski definition) is 4. The average Bonchev–Trinajstić information content (AvgIpc) is 2.36. The van der Waals surface area contributed by atoms with Crippen molar-refractivity contribution in [2.45, 2.75) is 44.5 Å². The van der Waals surface area contributed by atoms with Crippen molar-refractivity contribution in [2.24, 2.45) is 0 Å². The molecule has 0 aromatic heterocycles. The predicted octanol–water partition coefficient (Wildman–Crippen LogP) is 2.48. The molecule has 0 aliphatic carbocycles. The van der Waals surface area contributed by atoms with Crippen molar-refractivity contribution in [1.29, 1.82) is 0 Å². The second kappa shape index (κ2) is 5.39. The molecule has 1 aliphatic rings. The fraction of sp³-hybridized carbons (Fsp3) is 0.600. The Labute approximate surface area is 114 Å². The molecule has 1 N–H and O–H groups in total. The molecule has 2 rings (SSSR count). The number of benzene rings is 1. The third kappa shape index (κ3) is 3.01. The lowest BCUT2D eigenvalue weighted by Gasteiger charge is -2.39. The Morgan fingerprint density at radius 3 is 1.95 bits per heavy atom. The van der Waals surface area contributed by atoms with Crippen LogP contribution in [0.3, 0.4) is 0 Å². The molecule has 1 aliphatic heterocycles. The average molecular weight is 266 g/mol. The summed E-state index contributed by atoms with van der Waals surface area (Å²) in [6, 6.07) is 5.54. The van der Waals surface area contributed by atoms with E-state index < -0.39 is 5.60 Å². The highest BCUT2D eigenvalue weighted by Gasteiger charge is 2.38. The Kier molecular flexibility index (Phi) is 4.02. The van der Waals surface area contributed by atoms with Gasteiger partial charge in [0.05, 0.1) is 32.0 Å². The smallest absolute Gasteiger partial charge is 0.122 e. The SMILES string of the molecule is COc1cc(OC)cc(C2(O)CC(C)OC(C)C2)c1. The maximum absolute atomic E-state index is 10.9. The zero-order valence-electron chi connectivity index (χ0n) is 12.0. The van der Waals surface area contributed by atoms with Crippen LogP contribution in [0.15, 0.2) is 18.2 Å². The van der Waals surface area contributed by atoms with Crippen LogP contribution in [0.25, 0.3) is 0 Å². The van der Waals surface area contributed by atoms with Gasteiger partial charge in [-0.3, -0.25) is 0 Å². The fourth-order valence-electron chi connectivity index (χ4n) is 2.84. The molecular formula is C15H22O4. The molecule has 0 radical (unpaired) electrons. The summed E-state index contributed by atoms with van der Waals surface area (Å²) in [5.74, 6) is 1.38. The molecule has 0 spiro atoms. The minimum absolute atomic E-state index is 0.0333. The first-order valence-corrected chi connectivity index (χ1v) is 6.58. The molecule has 4 heteroatoms. The van der Waals surface area contributed by atoms with Crippen molar-refractivity contribution < 1.29 is 19.3 Å². The van der Waals surface area contributed by atoms with Gasteiger partial charge in [0.2, 0.25) is 0 Å². The molecule has 1 aromatic carbocycles. The molecule has 19 heavy (non-hydrogen) atoms. The summed E-state index contributed by atoms with van der Waals surface area (Å²) >= 11 is 0. The van der Waals surface area contributed by atoms with E-state index in [-0.39, 0.29) is 12.2 Å². The van der Waals surface area contributed by atoms with Gasteiger partial charge in [-0.25, -0.2) is 0 Å².